The molecule has 2 rings (SSSR count). The fraction of sp³-hybridized carbons (Fsp3) is 0. The SMILES string of the molecule is O=S1(=O)C=[N+]([O-])c2ccccc21. The number of fused-ring (bicyclic) bond motifs is 1. The molecule has 0 aliphatic carbocycles. The van der Waals surface area contributed by atoms with Crippen molar-refractivity contribution in [2.75, 3.05) is 0 Å². The Balaban J connectivity index is 2.86. The van der Waals surface area contributed by atoms with Crippen LogP contribution in [0.15, 0.2) is 29.2 Å². The monoisotopic (exact) mass is 183 g/mol. The molecule has 0 aromatic heterocycles. The van der Waals surface area contributed by atoms with Crippen molar-refractivity contribution in [2.24, 2.45) is 0 Å². The first kappa shape index (κ1) is 7.30. The van der Waals surface area contributed by atoms with Gasteiger partial charge in [-0.2, -0.15) is 4.74 Å². The summed E-state index contributed by atoms with van der Waals surface area (Å²) >= 11 is 0. The molecule has 0 saturated heterocycles. The Morgan fingerprint density at radius 2 is 1.92 bits per heavy atom. The molecule has 0 radical (unpaired) electrons. The van der Waals surface area contributed by atoms with Crippen LogP contribution < -0.4 is 0 Å². The summed E-state index contributed by atoms with van der Waals surface area (Å²) in [4.78, 5) is 0.0833. The van der Waals surface area contributed by atoms with Crippen molar-refractivity contribution in [1.29, 1.82) is 0 Å². The van der Waals surface area contributed by atoms with Crippen LogP contribution in [0.4, 0.5) is 5.69 Å². The van der Waals surface area contributed by atoms with E-state index in [0.29, 0.717) is 10.3 Å². The third kappa shape index (κ3) is 0.831. The summed E-state index contributed by atoms with van der Waals surface area (Å²) in [5.74, 6) is 0. The van der Waals surface area contributed by atoms with E-state index < -0.39 is 9.84 Å². The van der Waals surface area contributed by atoms with Crippen LogP contribution in [0.2, 0.25) is 0 Å². The van der Waals surface area contributed by atoms with Gasteiger partial charge in [-0.25, -0.2) is 8.42 Å². The topological polar surface area (TPSA) is 60.2 Å². The minimum Gasteiger partial charge on any atom is -0.618 e. The van der Waals surface area contributed by atoms with Crippen molar-refractivity contribution in [3.05, 3.63) is 29.5 Å². The maximum Gasteiger partial charge on any atom is 0.277 e. The van der Waals surface area contributed by atoms with E-state index in [9.17, 15) is 13.6 Å². The molecule has 0 N–H and O–H groups in total. The number of hydrogen-bond donors (Lipinski definition) is 0. The van der Waals surface area contributed by atoms with Crippen LogP contribution in [-0.2, 0) is 9.84 Å². The van der Waals surface area contributed by atoms with Crippen LogP contribution in [0, 0.1) is 5.21 Å². The summed E-state index contributed by atoms with van der Waals surface area (Å²) in [6, 6.07) is 6.10. The quantitative estimate of drug-likeness (QED) is 0.438. The molecule has 1 heterocycles. The van der Waals surface area contributed by atoms with Crippen LogP contribution >= 0.6 is 0 Å². The molecule has 0 unspecified atom stereocenters. The van der Waals surface area contributed by atoms with E-state index in [2.05, 4.69) is 0 Å². The zero-order chi connectivity index (χ0) is 8.77. The summed E-state index contributed by atoms with van der Waals surface area (Å²) in [5.41, 5.74) is 0.870. The molecule has 4 nitrogen and oxygen atoms in total. The number of sulfone groups is 1. The zero-order valence-corrected chi connectivity index (χ0v) is 6.78. The predicted octanol–water partition coefficient (Wildman–Crippen LogP) is 0.644. The maximum absolute atomic E-state index is 11.2. The van der Waals surface area contributed by atoms with E-state index in [4.69, 9.17) is 0 Å². The lowest BCUT2D eigenvalue weighted by atomic mass is 10.3. The molecule has 0 atom stereocenters. The van der Waals surface area contributed by atoms with Gasteiger partial charge in [0.25, 0.3) is 15.4 Å². The van der Waals surface area contributed by atoms with Gasteiger partial charge in [-0.05, 0) is 6.07 Å². The minimum atomic E-state index is -3.47. The highest BCUT2D eigenvalue weighted by atomic mass is 32.2. The standard InChI is InChI=1S/C7H5NO3S/c9-8-5-12(10,11)7-4-2-1-3-6(7)8/h1-5H. The van der Waals surface area contributed by atoms with Gasteiger partial charge in [0.15, 0.2) is 0 Å². The van der Waals surface area contributed by atoms with Crippen LogP contribution in [0.3, 0.4) is 0 Å². The van der Waals surface area contributed by atoms with Gasteiger partial charge >= 0.3 is 0 Å². The highest BCUT2D eigenvalue weighted by Gasteiger charge is 2.30. The Bertz CT molecular complexity index is 461. The van der Waals surface area contributed by atoms with Gasteiger partial charge in [0.1, 0.15) is 4.90 Å². The third-order valence-electron chi connectivity index (χ3n) is 1.64. The summed E-state index contributed by atoms with van der Waals surface area (Å²) in [7, 11) is -3.47. The molecular weight excluding hydrogens is 178 g/mol. The second kappa shape index (κ2) is 2.07. The van der Waals surface area contributed by atoms with E-state index in [1.165, 1.54) is 12.1 Å². The zero-order valence-electron chi connectivity index (χ0n) is 5.97. The highest BCUT2D eigenvalue weighted by Crippen LogP contribution is 2.27. The molecule has 1 aliphatic rings. The number of rotatable bonds is 0. The van der Waals surface area contributed by atoms with E-state index in [1.54, 1.807) is 12.1 Å². The van der Waals surface area contributed by atoms with Crippen LogP contribution in [0.25, 0.3) is 0 Å². The minimum absolute atomic E-state index is 0.0833. The van der Waals surface area contributed by atoms with Gasteiger partial charge < -0.3 is 5.21 Å². The number of benzene rings is 1. The molecule has 62 valence electrons. The first-order chi connectivity index (χ1) is 5.61. The summed E-state index contributed by atoms with van der Waals surface area (Å²) in [5, 5.41) is 11.0. The van der Waals surface area contributed by atoms with E-state index >= 15 is 0 Å². The predicted molar refractivity (Wildman–Crippen MR) is 43.0 cm³/mol. The normalized spacial score (nSPS) is 18.5. The highest BCUT2D eigenvalue weighted by molar-refractivity contribution is 8.04. The average Bonchev–Trinajstić information content (AvgIpc) is 2.25. The van der Waals surface area contributed by atoms with Gasteiger partial charge in [0.05, 0.1) is 0 Å². The first-order valence-electron chi connectivity index (χ1n) is 3.26. The van der Waals surface area contributed by atoms with Crippen molar-refractivity contribution in [2.45, 2.75) is 4.90 Å². The van der Waals surface area contributed by atoms with Crippen molar-refractivity contribution < 1.29 is 13.2 Å². The molecule has 0 bridgehead atoms. The van der Waals surface area contributed by atoms with Crippen molar-refractivity contribution in [3.8, 4) is 0 Å². The van der Waals surface area contributed by atoms with Gasteiger partial charge in [0.2, 0.25) is 5.69 Å². The molecular formula is C7H5NO3S. The molecule has 1 aromatic rings. The Kier molecular flexibility index (Phi) is 1.26. The fourth-order valence-corrected chi connectivity index (χ4v) is 2.32. The van der Waals surface area contributed by atoms with Crippen molar-refractivity contribution >= 4 is 21.1 Å². The Hall–Kier alpha value is -1.36. The summed E-state index contributed by atoms with van der Waals surface area (Å²) in [6.07, 6.45) is 0. The number of para-hydroxylation sites is 1. The Morgan fingerprint density at radius 3 is 2.58 bits per heavy atom. The second-order valence-electron chi connectivity index (χ2n) is 2.44. The Labute approximate surface area is 69.3 Å². The van der Waals surface area contributed by atoms with E-state index in [-0.39, 0.29) is 10.6 Å². The van der Waals surface area contributed by atoms with Crippen molar-refractivity contribution in [3.63, 3.8) is 0 Å². The molecule has 1 aromatic carbocycles. The van der Waals surface area contributed by atoms with Gasteiger partial charge in [0, 0.05) is 6.07 Å². The molecule has 0 fully saturated rings. The van der Waals surface area contributed by atoms with Gasteiger partial charge in [-0.15, -0.1) is 0 Å². The molecule has 1 aliphatic heterocycles. The number of hydrogen-bond acceptors (Lipinski definition) is 3. The fourth-order valence-electron chi connectivity index (χ4n) is 1.12. The Morgan fingerprint density at radius 1 is 1.25 bits per heavy atom. The van der Waals surface area contributed by atoms with Crippen LogP contribution in [-0.4, -0.2) is 18.7 Å². The van der Waals surface area contributed by atoms with Crippen LogP contribution in [0.5, 0.6) is 0 Å². The lowest BCUT2D eigenvalue weighted by Gasteiger charge is -1.95. The number of nitrogens with zero attached hydrogens (tertiary/aromatic N) is 1. The van der Waals surface area contributed by atoms with E-state index in [0.717, 1.165) is 0 Å². The molecule has 0 saturated carbocycles. The lowest BCUT2D eigenvalue weighted by molar-refractivity contribution is -0.352. The summed E-state index contributed by atoms with van der Waals surface area (Å²) in [6.45, 7) is 0. The first-order valence-corrected chi connectivity index (χ1v) is 4.81. The smallest absolute Gasteiger partial charge is 0.277 e. The van der Waals surface area contributed by atoms with Gasteiger partial charge in [-0.1, -0.05) is 12.1 Å². The van der Waals surface area contributed by atoms with Crippen molar-refractivity contribution in [1.82, 2.24) is 0 Å². The largest absolute Gasteiger partial charge is 0.618 e. The molecule has 0 amide bonds. The third-order valence-corrected chi connectivity index (χ3v) is 3.07. The molecule has 0 spiro atoms. The average molecular weight is 183 g/mol. The summed E-state index contributed by atoms with van der Waals surface area (Å²) < 4.78 is 22.7. The van der Waals surface area contributed by atoms with E-state index in [1.807, 2.05) is 0 Å². The van der Waals surface area contributed by atoms with Gasteiger partial charge in [-0.3, -0.25) is 0 Å². The maximum atomic E-state index is 11.2. The molecule has 5 heteroatoms. The molecule has 12 heavy (non-hydrogen) atoms. The second-order valence-corrected chi connectivity index (χ2v) is 4.18. The lowest BCUT2D eigenvalue weighted by Crippen LogP contribution is -1.97. The van der Waals surface area contributed by atoms with Crippen LogP contribution in [0.1, 0.15) is 0 Å².